The fourth-order valence-corrected chi connectivity index (χ4v) is 5.04. The number of para-hydroxylation sites is 1. The van der Waals surface area contributed by atoms with Gasteiger partial charge in [0.2, 0.25) is 5.88 Å². The van der Waals surface area contributed by atoms with Gasteiger partial charge in [-0.15, -0.1) is 0 Å². The Morgan fingerprint density at radius 3 is 2.84 bits per heavy atom. The lowest BCUT2D eigenvalue weighted by atomic mass is 9.86. The van der Waals surface area contributed by atoms with E-state index in [2.05, 4.69) is 20.2 Å². The average molecular weight is 438 g/mol. The van der Waals surface area contributed by atoms with Crippen LogP contribution in [0.2, 0.25) is 0 Å². The number of amides is 2. The van der Waals surface area contributed by atoms with Gasteiger partial charge in [-0.2, -0.15) is 4.99 Å². The minimum atomic E-state index is -0.459. The number of amidine groups is 1. The number of nitrogens with two attached hydrogens (primary N) is 1. The maximum absolute atomic E-state index is 12.6. The monoisotopic (exact) mass is 437 g/mol. The molecule has 2 amide bonds. The number of aliphatic imine (C=N–C) groups is 1. The maximum Gasteiger partial charge on any atom is 0.347 e. The number of anilines is 1. The van der Waals surface area contributed by atoms with Gasteiger partial charge in [0.1, 0.15) is 5.84 Å². The van der Waals surface area contributed by atoms with Crippen molar-refractivity contribution in [1.29, 1.82) is 0 Å². The minimum Gasteiger partial charge on any atom is -0.481 e. The van der Waals surface area contributed by atoms with Gasteiger partial charge in [-0.3, -0.25) is 0 Å². The lowest BCUT2D eigenvalue weighted by Gasteiger charge is -2.33. The molecule has 1 aromatic carbocycles. The molecule has 172 valence electrons. The first-order valence-electron chi connectivity index (χ1n) is 11.9. The number of carbonyl (C=O) groups is 1. The third-order valence-corrected chi connectivity index (χ3v) is 6.88. The molecule has 3 N–H and O–H groups in total. The van der Waals surface area contributed by atoms with E-state index in [9.17, 15) is 4.79 Å². The molecule has 1 aliphatic carbocycles. The fraction of sp³-hybridized carbons (Fsp3) is 0.560. The van der Waals surface area contributed by atoms with Crippen molar-refractivity contribution in [3.63, 3.8) is 0 Å². The van der Waals surface area contributed by atoms with Crippen molar-refractivity contribution in [2.24, 2.45) is 22.6 Å². The summed E-state index contributed by atoms with van der Waals surface area (Å²) in [6.45, 7) is 3.14. The third-order valence-electron chi connectivity index (χ3n) is 6.88. The van der Waals surface area contributed by atoms with Crippen LogP contribution in [0.4, 0.5) is 10.5 Å². The molecule has 32 heavy (non-hydrogen) atoms. The normalized spacial score (nSPS) is 20.9. The predicted octanol–water partition coefficient (Wildman–Crippen LogP) is 4.81. The van der Waals surface area contributed by atoms with Crippen LogP contribution in [0.1, 0.15) is 51.4 Å². The second-order valence-electron chi connectivity index (χ2n) is 9.13. The number of benzene rings is 1. The van der Waals surface area contributed by atoms with E-state index in [1.807, 2.05) is 24.3 Å². The Labute approximate surface area is 190 Å². The largest absolute Gasteiger partial charge is 0.481 e. The lowest BCUT2D eigenvalue weighted by Crippen LogP contribution is -2.42. The van der Waals surface area contributed by atoms with E-state index >= 15 is 0 Å². The molecule has 0 spiro atoms. The number of hydrogen-bond donors (Lipinski definition) is 2. The van der Waals surface area contributed by atoms with Gasteiger partial charge in [0.05, 0.1) is 18.3 Å². The van der Waals surface area contributed by atoms with E-state index in [0.29, 0.717) is 22.9 Å². The van der Waals surface area contributed by atoms with Crippen molar-refractivity contribution in [2.45, 2.75) is 51.4 Å². The van der Waals surface area contributed by atoms with Crippen LogP contribution >= 0.6 is 0 Å². The van der Waals surface area contributed by atoms with Crippen molar-refractivity contribution in [2.75, 3.05) is 32.1 Å². The Hall–Kier alpha value is -2.67. The Morgan fingerprint density at radius 1 is 1.19 bits per heavy atom. The van der Waals surface area contributed by atoms with Gasteiger partial charge < -0.3 is 20.7 Å². The highest BCUT2D eigenvalue weighted by molar-refractivity contribution is 6.04. The minimum absolute atomic E-state index is 0.131. The Balaban J connectivity index is 1.36. The highest BCUT2D eigenvalue weighted by atomic mass is 16.5. The molecule has 2 fully saturated rings. The Kier molecular flexibility index (Phi) is 7.58. The van der Waals surface area contributed by atoms with Crippen LogP contribution < -0.4 is 15.8 Å². The van der Waals surface area contributed by atoms with Crippen LogP contribution in [-0.2, 0) is 0 Å². The lowest BCUT2D eigenvalue weighted by molar-refractivity contribution is 0.182. The van der Waals surface area contributed by atoms with E-state index in [1.165, 1.54) is 38.5 Å². The van der Waals surface area contributed by atoms with E-state index < -0.39 is 6.03 Å². The molecule has 0 bridgehead atoms. The predicted molar refractivity (Wildman–Crippen MR) is 129 cm³/mol. The van der Waals surface area contributed by atoms with E-state index in [4.69, 9.17) is 10.5 Å². The van der Waals surface area contributed by atoms with Gasteiger partial charge in [-0.1, -0.05) is 44.2 Å². The molecule has 2 heterocycles. The molecule has 1 saturated carbocycles. The molecule has 2 aliphatic rings. The second kappa shape index (κ2) is 10.8. The van der Waals surface area contributed by atoms with Crippen LogP contribution in [0.5, 0.6) is 5.88 Å². The number of hydrogen-bond acceptors (Lipinski definition) is 4. The summed E-state index contributed by atoms with van der Waals surface area (Å²) in [5.41, 5.74) is 7.55. The number of methoxy groups -OCH3 is 1. The van der Waals surface area contributed by atoms with Gasteiger partial charge in [0.15, 0.2) is 0 Å². The molecule has 7 nitrogen and oxygen atoms in total. The summed E-state index contributed by atoms with van der Waals surface area (Å²) >= 11 is 0. The quantitative estimate of drug-likeness (QED) is 0.499. The zero-order chi connectivity index (χ0) is 22.3. The SMILES string of the molecule is COc1ccc2cccc(NC(=O)/N=C(\N)C3CCCN(CCC4CCCCC4)C3)c2n1. The van der Waals surface area contributed by atoms with Crippen molar-refractivity contribution in [1.82, 2.24) is 9.88 Å². The molecule has 1 aliphatic heterocycles. The maximum atomic E-state index is 12.6. The number of carbonyl (C=O) groups excluding carboxylic acids is 1. The summed E-state index contributed by atoms with van der Waals surface area (Å²) in [4.78, 5) is 23.8. The second-order valence-corrected chi connectivity index (χ2v) is 9.13. The van der Waals surface area contributed by atoms with Crippen LogP contribution in [0, 0.1) is 11.8 Å². The first-order valence-corrected chi connectivity index (χ1v) is 11.9. The summed E-state index contributed by atoms with van der Waals surface area (Å²) < 4.78 is 5.22. The first kappa shape index (κ1) is 22.5. The summed E-state index contributed by atoms with van der Waals surface area (Å²) in [6.07, 6.45) is 10.3. The summed E-state index contributed by atoms with van der Waals surface area (Å²) in [5, 5.41) is 3.77. The van der Waals surface area contributed by atoms with Gasteiger partial charge >= 0.3 is 6.03 Å². The average Bonchev–Trinajstić information content (AvgIpc) is 2.83. The number of nitrogens with one attached hydrogen (secondary N) is 1. The van der Waals surface area contributed by atoms with Crippen molar-refractivity contribution >= 4 is 28.5 Å². The fourth-order valence-electron chi connectivity index (χ4n) is 5.04. The van der Waals surface area contributed by atoms with Gasteiger partial charge in [-0.25, -0.2) is 9.78 Å². The number of nitrogens with zero attached hydrogens (tertiary/aromatic N) is 3. The summed E-state index contributed by atoms with van der Waals surface area (Å²) in [5.74, 6) is 1.94. The number of pyridine rings is 1. The van der Waals surface area contributed by atoms with Crippen LogP contribution in [0.15, 0.2) is 35.3 Å². The van der Waals surface area contributed by atoms with Crippen LogP contribution in [-0.4, -0.2) is 48.5 Å². The molecular formula is C25H35N5O2. The molecule has 1 unspecified atom stereocenters. The van der Waals surface area contributed by atoms with E-state index in [-0.39, 0.29) is 5.92 Å². The number of likely N-dealkylation sites (tertiary alicyclic amines) is 1. The Morgan fingerprint density at radius 2 is 2.03 bits per heavy atom. The highest BCUT2D eigenvalue weighted by Gasteiger charge is 2.24. The topological polar surface area (TPSA) is 92.8 Å². The molecule has 1 aromatic heterocycles. The molecule has 1 atom stereocenters. The third kappa shape index (κ3) is 5.76. The molecule has 2 aromatic rings. The Bertz CT molecular complexity index is 954. The first-order chi connectivity index (χ1) is 15.6. The molecule has 1 saturated heterocycles. The summed E-state index contributed by atoms with van der Waals surface area (Å²) in [7, 11) is 1.57. The van der Waals surface area contributed by atoms with Gasteiger partial charge in [0, 0.05) is 23.9 Å². The standard InChI is InChI=1S/C25H35N5O2/c1-32-22-13-12-19-9-5-11-21(23(19)28-22)27-25(31)29-24(26)20-10-6-15-30(17-20)16-14-18-7-3-2-4-8-18/h5,9,11-13,18,20H,2-4,6-8,10,14-17H2,1H3,(H3,26,27,29,31). The molecule has 4 rings (SSSR count). The van der Waals surface area contributed by atoms with Crippen LogP contribution in [0.25, 0.3) is 10.9 Å². The number of fused-ring (bicyclic) bond motifs is 1. The van der Waals surface area contributed by atoms with Gasteiger partial charge in [-0.05, 0) is 50.4 Å². The van der Waals surface area contributed by atoms with Crippen molar-refractivity contribution in [3.05, 3.63) is 30.3 Å². The number of piperidine rings is 1. The molecule has 0 radical (unpaired) electrons. The van der Waals surface area contributed by atoms with Crippen LogP contribution in [0.3, 0.4) is 0 Å². The number of urea groups is 1. The molecule has 7 heteroatoms. The smallest absolute Gasteiger partial charge is 0.347 e. The zero-order valence-corrected chi connectivity index (χ0v) is 19.1. The van der Waals surface area contributed by atoms with Gasteiger partial charge in [0.25, 0.3) is 0 Å². The number of rotatable bonds is 6. The zero-order valence-electron chi connectivity index (χ0n) is 19.1. The van der Waals surface area contributed by atoms with E-state index in [0.717, 1.165) is 43.8 Å². The number of ether oxygens (including phenoxy) is 1. The molecular weight excluding hydrogens is 402 g/mol. The van der Waals surface area contributed by atoms with Crippen molar-refractivity contribution in [3.8, 4) is 5.88 Å². The summed E-state index contributed by atoms with van der Waals surface area (Å²) in [6, 6.07) is 8.89. The van der Waals surface area contributed by atoms with Crippen molar-refractivity contribution < 1.29 is 9.53 Å². The number of aromatic nitrogens is 1. The van der Waals surface area contributed by atoms with E-state index in [1.54, 1.807) is 13.2 Å². The highest BCUT2D eigenvalue weighted by Crippen LogP contribution is 2.28.